The average molecular weight is 253 g/mol. The number of rotatable bonds is 7. The van der Waals surface area contributed by atoms with Gasteiger partial charge in [0.15, 0.2) is 0 Å². The van der Waals surface area contributed by atoms with E-state index in [9.17, 15) is 8.42 Å². The molecule has 0 fully saturated rings. The van der Waals surface area contributed by atoms with Crippen LogP contribution in [0.15, 0.2) is 41.8 Å². The fourth-order valence-electron chi connectivity index (χ4n) is 1.34. The van der Waals surface area contributed by atoms with E-state index < -0.39 is 10.0 Å². The minimum Gasteiger partial charge on any atom is -0.208 e. The quantitative estimate of drug-likeness (QED) is 0.759. The number of nitrogens with one attached hydrogen (secondary N) is 1. The van der Waals surface area contributed by atoms with Crippen molar-refractivity contribution in [3.8, 4) is 0 Å². The maximum atomic E-state index is 11.6. The molecule has 0 atom stereocenters. The highest BCUT2D eigenvalue weighted by molar-refractivity contribution is 7.92. The van der Waals surface area contributed by atoms with E-state index in [2.05, 4.69) is 11.6 Å². The lowest BCUT2D eigenvalue weighted by molar-refractivity contribution is 0.590. The molecule has 0 aromatic heterocycles. The Bertz CT molecular complexity index is 438. The molecule has 4 heteroatoms. The van der Waals surface area contributed by atoms with Crippen molar-refractivity contribution in [3.63, 3.8) is 0 Å². The first-order valence-electron chi connectivity index (χ1n) is 5.84. The van der Waals surface area contributed by atoms with Crippen LogP contribution in [-0.2, 0) is 16.6 Å². The monoisotopic (exact) mass is 253 g/mol. The third kappa shape index (κ3) is 6.24. The molecule has 1 N–H and O–H groups in total. The van der Waals surface area contributed by atoms with Gasteiger partial charge in [0.25, 0.3) is 0 Å². The molecular weight excluding hydrogens is 234 g/mol. The first-order chi connectivity index (χ1) is 8.14. The molecule has 0 aliphatic carbocycles. The average Bonchev–Trinajstić information content (AvgIpc) is 2.34. The van der Waals surface area contributed by atoms with Crippen LogP contribution in [0.25, 0.3) is 0 Å². The summed E-state index contributed by atoms with van der Waals surface area (Å²) in [4.78, 5) is 0. The van der Waals surface area contributed by atoms with E-state index in [1.54, 1.807) is 6.08 Å². The predicted octanol–water partition coefficient (Wildman–Crippen LogP) is 2.81. The van der Waals surface area contributed by atoms with Crippen molar-refractivity contribution in [1.29, 1.82) is 0 Å². The van der Waals surface area contributed by atoms with Crippen molar-refractivity contribution in [1.82, 2.24) is 4.72 Å². The van der Waals surface area contributed by atoms with E-state index in [4.69, 9.17) is 0 Å². The maximum absolute atomic E-state index is 11.6. The van der Waals surface area contributed by atoms with Gasteiger partial charge in [-0.15, -0.1) is 0 Å². The van der Waals surface area contributed by atoms with E-state index in [1.165, 1.54) is 5.41 Å². The molecule has 0 radical (unpaired) electrons. The number of sulfonamides is 1. The van der Waals surface area contributed by atoms with Gasteiger partial charge in [-0.25, -0.2) is 13.1 Å². The molecule has 0 aliphatic rings. The molecule has 0 bridgehead atoms. The number of allylic oxidation sites excluding steroid dienone is 1. The van der Waals surface area contributed by atoms with Crippen molar-refractivity contribution in [2.75, 3.05) is 0 Å². The molecule has 0 aliphatic heterocycles. The Kier molecular flexibility index (Phi) is 5.94. The normalized spacial score (nSPS) is 12.1. The van der Waals surface area contributed by atoms with Crippen LogP contribution in [0.1, 0.15) is 31.7 Å². The van der Waals surface area contributed by atoms with Crippen molar-refractivity contribution >= 4 is 10.0 Å². The molecule has 0 unspecified atom stereocenters. The van der Waals surface area contributed by atoms with Crippen molar-refractivity contribution in [2.24, 2.45) is 0 Å². The molecule has 17 heavy (non-hydrogen) atoms. The van der Waals surface area contributed by atoms with E-state index >= 15 is 0 Å². The summed E-state index contributed by atoms with van der Waals surface area (Å²) >= 11 is 0. The van der Waals surface area contributed by atoms with Crippen molar-refractivity contribution in [2.45, 2.75) is 32.7 Å². The van der Waals surface area contributed by atoms with Crippen LogP contribution in [0.3, 0.4) is 0 Å². The smallest absolute Gasteiger partial charge is 0.208 e. The zero-order valence-corrected chi connectivity index (χ0v) is 10.9. The Morgan fingerprint density at radius 1 is 1.24 bits per heavy atom. The summed E-state index contributed by atoms with van der Waals surface area (Å²) in [6, 6.07) is 9.47. The highest BCUT2D eigenvalue weighted by atomic mass is 32.2. The summed E-state index contributed by atoms with van der Waals surface area (Å²) in [6.45, 7) is 2.41. The Balaban J connectivity index is 2.42. The predicted molar refractivity (Wildman–Crippen MR) is 70.9 cm³/mol. The molecule has 1 aromatic rings. The van der Waals surface area contributed by atoms with Gasteiger partial charge in [-0.3, -0.25) is 0 Å². The number of unbranched alkanes of at least 4 members (excludes halogenated alkanes) is 2. The summed E-state index contributed by atoms with van der Waals surface area (Å²) in [7, 11) is -3.29. The molecular formula is C13H19NO2S. The Morgan fingerprint density at radius 3 is 2.59 bits per heavy atom. The third-order valence-electron chi connectivity index (χ3n) is 2.32. The van der Waals surface area contributed by atoms with Gasteiger partial charge in [0, 0.05) is 12.0 Å². The van der Waals surface area contributed by atoms with Crippen LogP contribution in [0.5, 0.6) is 0 Å². The molecule has 3 nitrogen and oxygen atoms in total. The van der Waals surface area contributed by atoms with Gasteiger partial charge in [-0.2, -0.15) is 0 Å². The molecule has 0 amide bonds. The third-order valence-corrected chi connectivity index (χ3v) is 3.42. The molecule has 0 saturated heterocycles. The van der Waals surface area contributed by atoms with Crippen molar-refractivity contribution < 1.29 is 8.42 Å². The van der Waals surface area contributed by atoms with Crippen LogP contribution in [-0.4, -0.2) is 8.42 Å². The second-order valence-corrected chi connectivity index (χ2v) is 5.52. The summed E-state index contributed by atoms with van der Waals surface area (Å²) in [6.07, 6.45) is 4.60. The standard InChI is InChI=1S/C13H19NO2S/c1-2-3-4-8-11-17(15,16)14-12-13-9-6-5-7-10-13/h5-11,14H,2-4,12H2,1H3/b11-8+. The maximum Gasteiger partial charge on any atom is 0.233 e. The second kappa shape index (κ2) is 7.25. The van der Waals surface area contributed by atoms with Crippen LogP contribution >= 0.6 is 0 Å². The number of hydrogen-bond donors (Lipinski definition) is 1. The largest absolute Gasteiger partial charge is 0.233 e. The van der Waals surface area contributed by atoms with Crippen LogP contribution in [0.4, 0.5) is 0 Å². The zero-order valence-electron chi connectivity index (χ0n) is 10.1. The number of hydrogen-bond acceptors (Lipinski definition) is 2. The highest BCUT2D eigenvalue weighted by Gasteiger charge is 2.03. The molecule has 0 heterocycles. The summed E-state index contributed by atoms with van der Waals surface area (Å²) in [5.41, 5.74) is 0.957. The summed E-state index contributed by atoms with van der Waals surface area (Å²) < 4.78 is 25.7. The lowest BCUT2D eigenvalue weighted by Crippen LogP contribution is -2.20. The fraction of sp³-hybridized carbons (Fsp3) is 0.385. The zero-order chi connectivity index (χ0) is 12.6. The minimum atomic E-state index is -3.29. The van der Waals surface area contributed by atoms with Crippen LogP contribution < -0.4 is 4.72 Å². The number of benzene rings is 1. The van der Waals surface area contributed by atoms with Gasteiger partial charge in [0.1, 0.15) is 0 Å². The highest BCUT2D eigenvalue weighted by Crippen LogP contribution is 2.01. The van der Waals surface area contributed by atoms with E-state index in [0.29, 0.717) is 6.54 Å². The molecule has 0 spiro atoms. The van der Waals surface area contributed by atoms with Gasteiger partial charge >= 0.3 is 0 Å². The SMILES string of the molecule is CCCC/C=C/S(=O)(=O)NCc1ccccc1. The van der Waals surface area contributed by atoms with Gasteiger partial charge in [0.2, 0.25) is 10.0 Å². The first-order valence-corrected chi connectivity index (χ1v) is 7.39. The van der Waals surface area contributed by atoms with Crippen molar-refractivity contribution in [3.05, 3.63) is 47.4 Å². The van der Waals surface area contributed by atoms with E-state index in [-0.39, 0.29) is 0 Å². The fourth-order valence-corrected chi connectivity index (χ4v) is 2.20. The second-order valence-electron chi connectivity index (χ2n) is 3.87. The molecule has 1 rings (SSSR count). The lowest BCUT2D eigenvalue weighted by atomic mass is 10.2. The molecule has 94 valence electrons. The van der Waals surface area contributed by atoms with Gasteiger partial charge < -0.3 is 0 Å². The Labute approximate surface area is 104 Å². The van der Waals surface area contributed by atoms with Gasteiger partial charge in [-0.1, -0.05) is 56.2 Å². The van der Waals surface area contributed by atoms with Gasteiger partial charge in [-0.05, 0) is 12.0 Å². The summed E-state index contributed by atoms with van der Waals surface area (Å²) in [5.74, 6) is 0. The van der Waals surface area contributed by atoms with Gasteiger partial charge in [0.05, 0.1) is 0 Å². The van der Waals surface area contributed by atoms with Crippen LogP contribution in [0, 0.1) is 0 Å². The van der Waals surface area contributed by atoms with E-state index in [1.807, 2.05) is 30.3 Å². The first kappa shape index (κ1) is 13.9. The Hall–Kier alpha value is -1.13. The van der Waals surface area contributed by atoms with E-state index in [0.717, 1.165) is 24.8 Å². The van der Waals surface area contributed by atoms with Crippen LogP contribution in [0.2, 0.25) is 0 Å². The topological polar surface area (TPSA) is 46.2 Å². The Morgan fingerprint density at radius 2 is 1.94 bits per heavy atom. The lowest BCUT2D eigenvalue weighted by Gasteiger charge is -2.02. The molecule has 1 aromatic carbocycles. The summed E-state index contributed by atoms with van der Waals surface area (Å²) in [5, 5.41) is 1.26. The minimum absolute atomic E-state index is 0.335. The molecule has 0 saturated carbocycles.